The molecule has 4 fully saturated rings. The van der Waals surface area contributed by atoms with Gasteiger partial charge in [-0.3, -0.25) is 20.4 Å². The van der Waals surface area contributed by atoms with Crippen molar-refractivity contribution in [3.05, 3.63) is 0 Å². The number of aliphatic hydroxyl groups is 2. The van der Waals surface area contributed by atoms with E-state index in [9.17, 15) is 19.8 Å². The Kier molecular flexibility index (Phi) is 5.27. The molecule has 0 aromatic rings. The molecule has 0 saturated carbocycles. The quantitative estimate of drug-likeness (QED) is 0.200. The van der Waals surface area contributed by atoms with E-state index in [2.05, 4.69) is 20.6 Å². The first-order valence-corrected chi connectivity index (χ1v) is 10.9. The van der Waals surface area contributed by atoms with Crippen LogP contribution >= 0.6 is 0 Å². The van der Waals surface area contributed by atoms with Crippen molar-refractivity contribution in [2.45, 2.75) is 49.1 Å². The van der Waals surface area contributed by atoms with Crippen LogP contribution in [-0.2, 0) is 28.1 Å². The third kappa shape index (κ3) is 3.51. The summed E-state index contributed by atoms with van der Waals surface area (Å²) >= 11 is 0. The third-order valence-corrected chi connectivity index (χ3v) is 6.62. The molecule has 1 spiro atoms. The number of nitrogens with zero attached hydrogens (tertiary/aromatic N) is 4. The van der Waals surface area contributed by atoms with E-state index in [0.29, 0.717) is 0 Å². The second-order valence-corrected chi connectivity index (χ2v) is 8.64. The lowest BCUT2D eigenvalue weighted by atomic mass is 10.1. The van der Waals surface area contributed by atoms with Gasteiger partial charge < -0.3 is 49.8 Å². The molecule has 192 valence electrons. The number of aliphatic hydroxyl groups excluding tert-OH is 2. The maximum Gasteiger partial charge on any atom is 0.532 e. The number of rotatable bonds is 4. The average Bonchev–Trinajstić information content (AvgIpc) is 3.54. The summed E-state index contributed by atoms with van der Waals surface area (Å²) in [7, 11) is 0. The Morgan fingerprint density at radius 3 is 1.57 bits per heavy atom. The highest BCUT2D eigenvalue weighted by atomic mass is 16.9. The van der Waals surface area contributed by atoms with E-state index in [-0.39, 0.29) is 25.3 Å². The van der Waals surface area contributed by atoms with Crippen molar-refractivity contribution < 1.29 is 47.9 Å². The van der Waals surface area contributed by atoms with Gasteiger partial charge in [0.1, 0.15) is 25.5 Å². The van der Waals surface area contributed by atoms with Crippen LogP contribution in [0.4, 0.5) is 9.59 Å². The van der Waals surface area contributed by atoms with Gasteiger partial charge in [-0.15, -0.1) is 0 Å². The van der Waals surface area contributed by atoms with Crippen molar-refractivity contribution in [2.75, 3.05) is 26.6 Å². The summed E-state index contributed by atoms with van der Waals surface area (Å²) in [6, 6.07) is -1.13. The molecule has 0 aromatic carbocycles. The van der Waals surface area contributed by atoms with Crippen LogP contribution in [-0.4, -0.2) is 127 Å². The molecular weight excluding hydrogens is 475 g/mol. The zero-order chi connectivity index (χ0) is 24.5. The molecule has 4 saturated heterocycles. The largest absolute Gasteiger partial charge is 0.532 e. The fraction of sp³-hybridized carbons (Fsp3) is 0.750. The second-order valence-electron chi connectivity index (χ2n) is 8.64. The molecule has 0 aliphatic carbocycles. The number of hydrogen-bond acceptors (Lipinski definition) is 14. The highest BCUT2D eigenvalue weighted by molar-refractivity contribution is 6.55. The Hall–Kier alpha value is -2.78. The van der Waals surface area contributed by atoms with Gasteiger partial charge in [-0.2, -0.15) is 0 Å². The summed E-state index contributed by atoms with van der Waals surface area (Å²) in [4.78, 5) is 35.4. The first kappa shape index (κ1) is 22.7. The Labute approximate surface area is 197 Å². The van der Waals surface area contributed by atoms with Gasteiger partial charge in [0.05, 0.1) is 37.6 Å². The SMILES string of the molecule is NC1=NCN([C@@H]2O[C@H](CO)[C@H]3O[B-]4(O[C@H]32)O[C@@H]2[C@H](O4)[C@@H](CO)O[C@H]2N2CN=C(N)NC2=O)C(=O)N1. The smallest absolute Gasteiger partial charge is 0.512 e. The molecule has 6 aliphatic rings. The molecule has 8 N–H and O–H groups in total. The summed E-state index contributed by atoms with van der Waals surface area (Å²) < 4.78 is 35.8. The number of fused-ring (bicyclic) bond motifs is 2. The molecule has 4 amide bonds. The van der Waals surface area contributed by atoms with Gasteiger partial charge in [0.15, 0.2) is 24.4 Å². The van der Waals surface area contributed by atoms with Gasteiger partial charge in [0.2, 0.25) is 0 Å². The second kappa shape index (κ2) is 8.13. The molecule has 0 aromatic heterocycles. The Bertz CT molecular complexity index is 910. The predicted octanol–water partition coefficient (Wildman–Crippen LogP) is -4.98. The van der Waals surface area contributed by atoms with E-state index in [1.807, 2.05) is 0 Å². The van der Waals surface area contributed by atoms with Crippen molar-refractivity contribution in [3.8, 4) is 0 Å². The maximum absolute atomic E-state index is 12.5. The number of amides is 4. The fourth-order valence-electron chi connectivity index (χ4n) is 5.06. The predicted molar refractivity (Wildman–Crippen MR) is 110 cm³/mol. The van der Waals surface area contributed by atoms with E-state index in [1.165, 1.54) is 9.80 Å². The normalized spacial score (nSPS) is 44.7. The van der Waals surface area contributed by atoms with Gasteiger partial charge in [-0.25, -0.2) is 19.6 Å². The van der Waals surface area contributed by atoms with Crippen LogP contribution in [0.15, 0.2) is 9.98 Å². The van der Waals surface area contributed by atoms with Gasteiger partial charge in [0, 0.05) is 0 Å². The van der Waals surface area contributed by atoms with Crippen LogP contribution in [0, 0.1) is 0 Å². The van der Waals surface area contributed by atoms with E-state index >= 15 is 0 Å². The minimum Gasteiger partial charge on any atom is -0.512 e. The number of aliphatic imine (C=N–C) groups is 2. The number of ether oxygens (including phenoxy) is 2. The zero-order valence-electron chi connectivity index (χ0n) is 18.1. The first-order valence-electron chi connectivity index (χ1n) is 10.9. The molecule has 6 aliphatic heterocycles. The summed E-state index contributed by atoms with van der Waals surface area (Å²) in [6.07, 6.45) is -7.21. The monoisotopic (exact) mass is 499 g/mol. The minimum atomic E-state index is -2.88. The number of carbonyl (C=O) groups excluding carboxylic acids is 2. The Morgan fingerprint density at radius 2 is 1.20 bits per heavy atom. The molecule has 6 heterocycles. The number of hydrogen-bond donors (Lipinski definition) is 6. The first-order chi connectivity index (χ1) is 16.8. The number of urea groups is 2. The topological polar surface area (TPSA) is 237 Å². The van der Waals surface area contributed by atoms with Crippen LogP contribution in [0.5, 0.6) is 0 Å². The molecule has 18 nitrogen and oxygen atoms in total. The molecule has 0 radical (unpaired) electrons. The van der Waals surface area contributed by atoms with E-state index in [4.69, 9.17) is 39.6 Å². The van der Waals surface area contributed by atoms with Gasteiger partial charge in [0.25, 0.3) is 0 Å². The third-order valence-electron chi connectivity index (χ3n) is 6.62. The van der Waals surface area contributed by atoms with Crippen molar-refractivity contribution >= 4 is 30.9 Å². The van der Waals surface area contributed by atoms with Gasteiger partial charge in [-0.05, 0) is 0 Å². The molecule has 35 heavy (non-hydrogen) atoms. The molecular formula is C16H24BN8O10-. The van der Waals surface area contributed by atoms with E-state index < -0.39 is 81.3 Å². The number of guanidine groups is 2. The summed E-state index contributed by atoms with van der Waals surface area (Å²) in [5, 5.41) is 24.5. The van der Waals surface area contributed by atoms with Crippen LogP contribution in [0.25, 0.3) is 0 Å². The van der Waals surface area contributed by atoms with E-state index in [1.54, 1.807) is 0 Å². The van der Waals surface area contributed by atoms with Crippen molar-refractivity contribution in [3.63, 3.8) is 0 Å². The van der Waals surface area contributed by atoms with Crippen molar-refractivity contribution in [2.24, 2.45) is 21.5 Å². The van der Waals surface area contributed by atoms with Crippen LogP contribution < -0.4 is 22.1 Å². The van der Waals surface area contributed by atoms with Gasteiger partial charge >= 0.3 is 19.0 Å². The summed E-state index contributed by atoms with van der Waals surface area (Å²) in [5.41, 5.74) is 11.1. The lowest BCUT2D eigenvalue weighted by Crippen LogP contribution is -2.58. The van der Waals surface area contributed by atoms with Crippen LogP contribution in [0.2, 0.25) is 0 Å². The zero-order valence-corrected chi connectivity index (χ0v) is 18.1. The number of nitrogens with two attached hydrogens (primary N) is 2. The van der Waals surface area contributed by atoms with Crippen LogP contribution in [0.1, 0.15) is 0 Å². The lowest BCUT2D eigenvalue weighted by Gasteiger charge is -2.38. The standard InChI is InChI=1S/C16H24BN8O10/c18-13-20-3-24(15(28)22-13)11-9-7(5(1-26)30-11)32-17(34-9)33-8-6(2-27)31-12(10(8)35-17)25-4-21-14(19)23-16(25)29/h5-12,26-27H,1-4H2,(H3,18,20,22,28)(H3,19,21,23,29)/q-1/t5-,6-,7-,8-,9-,10-,11-,12-,17?/m1/s1. The molecule has 19 heteroatoms. The van der Waals surface area contributed by atoms with Gasteiger partial charge in [-0.1, -0.05) is 0 Å². The van der Waals surface area contributed by atoms with Crippen LogP contribution in [0.3, 0.4) is 0 Å². The van der Waals surface area contributed by atoms with Crippen molar-refractivity contribution in [1.82, 2.24) is 20.4 Å². The minimum absolute atomic E-state index is 0.0343. The Balaban J connectivity index is 1.24. The molecule has 0 bridgehead atoms. The highest BCUT2D eigenvalue weighted by Gasteiger charge is 2.65. The Morgan fingerprint density at radius 1 is 0.800 bits per heavy atom. The van der Waals surface area contributed by atoms with Crippen molar-refractivity contribution in [1.29, 1.82) is 0 Å². The summed E-state index contributed by atoms with van der Waals surface area (Å²) in [6.45, 7) is -3.94. The molecule has 0 unspecified atom stereocenters. The maximum atomic E-state index is 12.5. The molecule has 6 rings (SSSR count). The highest BCUT2D eigenvalue weighted by Crippen LogP contribution is 2.46. The lowest BCUT2D eigenvalue weighted by molar-refractivity contribution is -0.120. The fourth-order valence-corrected chi connectivity index (χ4v) is 5.06. The number of carbonyl (C=O) groups is 2. The number of nitrogens with one attached hydrogen (secondary N) is 2. The summed E-state index contributed by atoms with van der Waals surface area (Å²) in [5.74, 6) is -0.0685. The average molecular weight is 499 g/mol. The van der Waals surface area contributed by atoms with E-state index in [0.717, 1.165) is 0 Å². The molecule has 8 atom stereocenters.